The largest absolute Gasteiger partial charge is 0.472 e. The molecule has 3 unspecified atom stereocenters. The maximum absolute atomic E-state index is 13.5. The number of hydrogen-bond acceptors (Lipinski definition) is 6. The number of hydrogen-bond donors (Lipinski definition) is 2. The lowest BCUT2D eigenvalue weighted by atomic mass is 10.0. The minimum Gasteiger partial charge on any atom is -0.456 e. The summed E-state index contributed by atoms with van der Waals surface area (Å²) in [6.45, 7) is 6.93. The third-order valence-electron chi connectivity index (χ3n) is 13.3. The number of likely N-dealkylation sites (N-methyl/N-ethyl adjacent to an activating group) is 1. The molecule has 0 aliphatic carbocycles. The van der Waals surface area contributed by atoms with Crippen LogP contribution in [-0.4, -0.2) is 74.3 Å². The quantitative estimate of drug-likeness (QED) is 0.0205. The van der Waals surface area contributed by atoms with Crippen molar-refractivity contribution in [2.24, 2.45) is 0 Å². The van der Waals surface area contributed by atoms with Gasteiger partial charge in [0.25, 0.3) is 0 Å². The van der Waals surface area contributed by atoms with E-state index < -0.39 is 25.9 Å². The van der Waals surface area contributed by atoms with E-state index in [-0.39, 0.29) is 25.5 Å². The Balaban J connectivity index is 5.30. The highest BCUT2D eigenvalue weighted by Gasteiger charge is 2.30. The smallest absolute Gasteiger partial charge is 0.456 e. The zero-order valence-corrected chi connectivity index (χ0v) is 50.4. The maximum Gasteiger partial charge on any atom is 0.472 e. The number of phosphoric acid groups is 1. The van der Waals surface area contributed by atoms with Crippen LogP contribution in [0.5, 0.6) is 0 Å². The van der Waals surface area contributed by atoms with Crippen LogP contribution in [0.3, 0.4) is 0 Å². The summed E-state index contributed by atoms with van der Waals surface area (Å²) in [5, 5.41) is 3.03. The summed E-state index contributed by atoms with van der Waals surface area (Å²) in [4.78, 5) is 37.6. The number of nitrogens with zero attached hydrogens (tertiary/aromatic N) is 1. The number of nitrogens with one attached hydrogen (secondary N) is 1. The molecule has 9 nitrogen and oxygen atoms in total. The van der Waals surface area contributed by atoms with Gasteiger partial charge in [-0.05, 0) is 96.0 Å². The molecule has 0 rings (SSSR count). The molecule has 10 heteroatoms. The van der Waals surface area contributed by atoms with Gasteiger partial charge >= 0.3 is 13.8 Å². The Morgan fingerprint density at radius 3 is 1.27 bits per heavy atom. The van der Waals surface area contributed by atoms with Gasteiger partial charge in [-0.25, -0.2) is 4.57 Å². The lowest BCUT2D eigenvalue weighted by Gasteiger charge is -2.27. The molecule has 75 heavy (non-hydrogen) atoms. The van der Waals surface area contributed by atoms with Gasteiger partial charge in [0.2, 0.25) is 5.91 Å². The van der Waals surface area contributed by atoms with Crippen LogP contribution in [-0.2, 0) is 27.9 Å². The van der Waals surface area contributed by atoms with Crippen LogP contribution in [0.4, 0.5) is 0 Å². The maximum atomic E-state index is 13.5. The molecule has 0 spiro atoms. The number of ether oxygens (including phenoxy) is 1. The second-order valence-electron chi connectivity index (χ2n) is 21.9. The van der Waals surface area contributed by atoms with Crippen LogP contribution < -0.4 is 5.32 Å². The first-order valence-electron chi connectivity index (χ1n) is 30.9. The highest BCUT2D eigenvalue weighted by atomic mass is 31.2. The van der Waals surface area contributed by atoms with Crippen molar-refractivity contribution >= 4 is 19.7 Å². The molecule has 0 fully saturated rings. The van der Waals surface area contributed by atoms with E-state index in [4.69, 9.17) is 13.8 Å². The summed E-state index contributed by atoms with van der Waals surface area (Å²) < 4.78 is 30.6. The van der Waals surface area contributed by atoms with Crippen molar-refractivity contribution in [1.82, 2.24) is 5.32 Å². The van der Waals surface area contributed by atoms with Crippen LogP contribution in [0, 0.1) is 0 Å². The summed E-state index contributed by atoms with van der Waals surface area (Å²) in [5.41, 5.74) is 0. The summed E-state index contributed by atoms with van der Waals surface area (Å²) in [7, 11) is 1.46. The average Bonchev–Trinajstić information content (AvgIpc) is 3.37. The van der Waals surface area contributed by atoms with Crippen molar-refractivity contribution in [3.05, 3.63) is 85.1 Å². The van der Waals surface area contributed by atoms with Crippen LogP contribution in [0.1, 0.15) is 265 Å². The van der Waals surface area contributed by atoms with Gasteiger partial charge in [0.1, 0.15) is 19.3 Å². The molecule has 0 radical (unpaired) electrons. The molecule has 0 saturated heterocycles. The zero-order valence-electron chi connectivity index (χ0n) is 49.5. The van der Waals surface area contributed by atoms with Crippen LogP contribution >= 0.6 is 7.82 Å². The first-order chi connectivity index (χ1) is 36.4. The number of allylic oxidation sites excluding steroid dienone is 13. The average molecular weight is 1070 g/mol. The van der Waals surface area contributed by atoms with Crippen molar-refractivity contribution in [2.75, 3.05) is 40.9 Å². The van der Waals surface area contributed by atoms with E-state index in [9.17, 15) is 19.0 Å². The van der Waals surface area contributed by atoms with Crippen molar-refractivity contribution in [2.45, 2.75) is 277 Å². The highest BCUT2D eigenvalue weighted by molar-refractivity contribution is 7.47. The number of amides is 1. The Hall–Kier alpha value is -2.81. The fraction of sp³-hybridized carbons (Fsp3) is 0.754. The minimum atomic E-state index is -4.46. The van der Waals surface area contributed by atoms with Gasteiger partial charge in [0.15, 0.2) is 0 Å². The Bertz CT molecular complexity index is 1560. The molecule has 1 amide bonds. The second-order valence-corrected chi connectivity index (χ2v) is 23.3. The predicted octanol–water partition coefficient (Wildman–Crippen LogP) is 19.0. The molecule has 0 aromatic carbocycles. The standard InChI is InChI=1S/C65H117N2O7P/c1-7-10-13-16-19-22-25-28-29-30-31-32-33-34-35-36-37-40-42-45-48-51-54-57-64(68)66-62(61-73-75(70,71)72-60-59-67(4,5)6)63(56-53-50-47-44-41-38-26-23-20-17-14-11-8-2)74-65(69)58-55-52-49-46-43-39-27-24-21-18-15-12-9-3/h19,22,28-29,31-32,34-35,39,43,49,52-53,56,62-63H,7-18,20-21,23-27,30,33,36-38,40-42,44-48,50-51,54-55,57-61H2,1-6H3,(H-,66,68,70,71)/p+1/b22-19-,29-28-,32-31-,35-34-,43-39-,52-49+,56-53-. The van der Waals surface area contributed by atoms with E-state index in [2.05, 4.69) is 92.9 Å². The number of carbonyl (C=O) groups excluding carboxylic acids is 2. The van der Waals surface area contributed by atoms with Crippen molar-refractivity contribution in [3.63, 3.8) is 0 Å². The summed E-state index contributed by atoms with van der Waals surface area (Å²) in [6.07, 6.45) is 71.6. The topological polar surface area (TPSA) is 111 Å². The molecule has 0 aliphatic heterocycles. The Morgan fingerprint density at radius 2 is 0.827 bits per heavy atom. The third-order valence-corrected chi connectivity index (χ3v) is 14.3. The van der Waals surface area contributed by atoms with E-state index in [0.29, 0.717) is 23.9 Å². The molecular weight excluding hydrogens is 952 g/mol. The Morgan fingerprint density at radius 1 is 0.467 bits per heavy atom. The summed E-state index contributed by atoms with van der Waals surface area (Å²) >= 11 is 0. The van der Waals surface area contributed by atoms with Crippen LogP contribution in [0.25, 0.3) is 0 Å². The molecule has 0 bridgehead atoms. The molecular formula is C65H118N2O7P+. The molecule has 0 aromatic heterocycles. The Kier molecular flexibility index (Phi) is 52.5. The second kappa shape index (κ2) is 54.5. The number of carbonyl (C=O) groups is 2. The van der Waals surface area contributed by atoms with Crippen molar-refractivity contribution in [1.29, 1.82) is 0 Å². The van der Waals surface area contributed by atoms with E-state index >= 15 is 0 Å². The van der Waals surface area contributed by atoms with E-state index in [1.165, 1.54) is 141 Å². The SMILES string of the molecule is CCCCC/C=C\C/C=C\C/C=C\C/C=C\CCCCCCCCCC(=O)NC(COP(=O)(O)OCC[N+](C)(C)C)C(/C=C\CCCCCCCCCCCCC)OC(=O)CC/C=C/C/C=C\CCCCCCCC. The van der Waals surface area contributed by atoms with Gasteiger partial charge in [-0.3, -0.25) is 18.6 Å². The van der Waals surface area contributed by atoms with E-state index in [1.807, 2.05) is 39.4 Å². The summed E-state index contributed by atoms with van der Waals surface area (Å²) in [6, 6.07) is -0.880. The zero-order chi connectivity index (χ0) is 55.0. The predicted molar refractivity (Wildman–Crippen MR) is 323 cm³/mol. The van der Waals surface area contributed by atoms with Crippen molar-refractivity contribution < 1.29 is 37.3 Å². The summed E-state index contributed by atoms with van der Waals surface area (Å²) in [5.74, 6) is -0.596. The van der Waals surface area contributed by atoms with E-state index in [1.54, 1.807) is 0 Å². The highest BCUT2D eigenvalue weighted by Crippen LogP contribution is 2.43. The van der Waals surface area contributed by atoms with Crippen molar-refractivity contribution in [3.8, 4) is 0 Å². The number of rotatable bonds is 55. The molecule has 434 valence electrons. The van der Waals surface area contributed by atoms with Gasteiger partial charge < -0.3 is 19.4 Å². The van der Waals surface area contributed by atoms with Gasteiger partial charge in [0.05, 0.1) is 33.8 Å². The lowest BCUT2D eigenvalue weighted by Crippen LogP contribution is -2.47. The van der Waals surface area contributed by atoms with Gasteiger partial charge in [-0.1, -0.05) is 241 Å². The number of quaternary nitrogens is 1. The van der Waals surface area contributed by atoms with Crippen LogP contribution in [0.2, 0.25) is 0 Å². The molecule has 0 saturated carbocycles. The van der Waals surface area contributed by atoms with Crippen LogP contribution in [0.15, 0.2) is 85.1 Å². The Labute approximate surface area is 463 Å². The van der Waals surface area contributed by atoms with E-state index in [0.717, 1.165) is 83.5 Å². The molecule has 0 aromatic rings. The first kappa shape index (κ1) is 72.2. The fourth-order valence-corrected chi connectivity index (χ4v) is 9.24. The normalized spacial score (nSPS) is 14.3. The van der Waals surface area contributed by atoms with Gasteiger partial charge in [0, 0.05) is 12.8 Å². The number of phosphoric ester groups is 1. The van der Waals surface area contributed by atoms with Gasteiger partial charge in [-0.15, -0.1) is 0 Å². The fourth-order valence-electron chi connectivity index (χ4n) is 8.51. The third kappa shape index (κ3) is 55.7. The van der Waals surface area contributed by atoms with Gasteiger partial charge in [-0.2, -0.15) is 0 Å². The lowest BCUT2D eigenvalue weighted by molar-refractivity contribution is -0.870. The monoisotopic (exact) mass is 1070 g/mol. The molecule has 0 heterocycles. The molecule has 2 N–H and O–H groups in total. The number of esters is 1. The molecule has 3 atom stereocenters. The minimum absolute atomic E-state index is 0.0272. The first-order valence-corrected chi connectivity index (χ1v) is 32.4. The molecule has 0 aliphatic rings. The number of unbranched alkanes of at least 4 members (excludes halogenated alkanes) is 27.